The highest BCUT2D eigenvalue weighted by Crippen LogP contribution is 2.32. The number of nitro groups is 1. The Bertz CT molecular complexity index is 788. The molecule has 1 aromatic carbocycles. The molecule has 0 saturated carbocycles. The number of rotatable bonds is 9. The number of hydrogen-bond acceptors (Lipinski definition) is 6. The minimum absolute atomic E-state index is 0.0700. The maximum atomic E-state index is 12.8. The molecular weight excluding hydrogens is 378 g/mol. The fourth-order valence-corrected chi connectivity index (χ4v) is 3.04. The lowest BCUT2D eigenvalue weighted by atomic mass is 9.94. The van der Waals surface area contributed by atoms with Crippen molar-refractivity contribution in [2.24, 2.45) is 5.92 Å². The SMILES string of the molecule is COCCOC(=O)C1=C(C)N(CCC(C)C)C(=O)N[C@H]1c1ccc([N+](=O)[O-])cc1. The van der Waals surface area contributed by atoms with E-state index in [1.807, 2.05) is 0 Å². The number of non-ortho nitro benzene ring substituents is 1. The van der Waals surface area contributed by atoms with Crippen molar-refractivity contribution in [2.45, 2.75) is 33.2 Å². The third kappa shape index (κ3) is 5.54. The number of amides is 2. The van der Waals surface area contributed by atoms with Gasteiger partial charge in [-0.15, -0.1) is 0 Å². The number of methoxy groups -OCH3 is 1. The van der Waals surface area contributed by atoms with Crippen molar-refractivity contribution in [3.8, 4) is 0 Å². The first-order chi connectivity index (χ1) is 13.8. The van der Waals surface area contributed by atoms with Gasteiger partial charge in [0.1, 0.15) is 6.61 Å². The Hall–Kier alpha value is -2.94. The molecule has 1 aromatic rings. The van der Waals surface area contributed by atoms with Crippen LogP contribution in [0, 0.1) is 16.0 Å². The molecule has 0 spiro atoms. The summed E-state index contributed by atoms with van der Waals surface area (Å²) in [5.41, 5.74) is 1.31. The van der Waals surface area contributed by atoms with Crippen molar-refractivity contribution in [1.29, 1.82) is 0 Å². The number of allylic oxidation sites excluding steroid dienone is 1. The summed E-state index contributed by atoms with van der Waals surface area (Å²) in [6.07, 6.45) is 0.777. The van der Waals surface area contributed by atoms with Gasteiger partial charge in [0.05, 0.1) is 23.1 Å². The number of carbonyl (C=O) groups excluding carboxylic acids is 2. The number of esters is 1. The zero-order valence-electron chi connectivity index (χ0n) is 17.1. The maximum Gasteiger partial charge on any atom is 0.338 e. The zero-order valence-corrected chi connectivity index (χ0v) is 17.1. The molecule has 0 fully saturated rings. The fourth-order valence-electron chi connectivity index (χ4n) is 3.04. The molecule has 2 rings (SSSR count). The van der Waals surface area contributed by atoms with Crippen LogP contribution in [0.1, 0.15) is 38.8 Å². The van der Waals surface area contributed by atoms with Gasteiger partial charge < -0.3 is 14.8 Å². The number of carbonyl (C=O) groups is 2. The van der Waals surface area contributed by atoms with Gasteiger partial charge in [-0.25, -0.2) is 9.59 Å². The third-order valence-corrected chi connectivity index (χ3v) is 4.70. The van der Waals surface area contributed by atoms with Crippen molar-refractivity contribution >= 4 is 17.7 Å². The molecule has 1 N–H and O–H groups in total. The number of benzene rings is 1. The van der Waals surface area contributed by atoms with Gasteiger partial charge >= 0.3 is 12.0 Å². The minimum atomic E-state index is -0.756. The summed E-state index contributed by atoms with van der Waals surface area (Å²) in [6.45, 7) is 6.63. The van der Waals surface area contributed by atoms with Crippen molar-refractivity contribution < 1.29 is 24.0 Å². The predicted octanol–water partition coefficient (Wildman–Crippen LogP) is 3.17. The van der Waals surface area contributed by atoms with E-state index in [2.05, 4.69) is 19.2 Å². The monoisotopic (exact) mass is 405 g/mol. The molecule has 9 heteroatoms. The second-order valence-electron chi connectivity index (χ2n) is 7.19. The van der Waals surface area contributed by atoms with E-state index in [0.717, 1.165) is 6.42 Å². The summed E-state index contributed by atoms with van der Waals surface area (Å²) in [4.78, 5) is 37.5. The van der Waals surface area contributed by atoms with E-state index < -0.39 is 16.9 Å². The molecule has 29 heavy (non-hydrogen) atoms. The number of ether oxygens (including phenoxy) is 2. The van der Waals surface area contributed by atoms with Crippen molar-refractivity contribution in [3.05, 3.63) is 51.2 Å². The van der Waals surface area contributed by atoms with E-state index in [-0.39, 0.29) is 24.9 Å². The van der Waals surface area contributed by atoms with Gasteiger partial charge in [-0.2, -0.15) is 0 Å². The Kier molecular flexibility index (Phi) is 7.72. The summed E-state index contributed by atoms with van der Waals surface area (Å²) in [5, 5.41) is 13.7. The van der Waals surface area contributed by atoms with E-state index in [0.29, 0.717) is 29.3 Å². The van der Waals surface area contributed by atoms with Crippen LogP contribution in [0.3, 0.4) is 0 Å². The molecule has 0 aliphatic carbocycles. The third-order valence-electron chi connectivity index (χ3n) is 4.70. The summed E-state index contributed by atoms with van der Waals surface area (Å²) in [6, 6.07) is 4.67. The Labute approximate surface area is 169 Å². The average Bonchev–Trinajstić information content (AvgIpc) is 2.67. The number of nitrogens with one attached hydrogen (secondary N) is 1. The molecule has 0 radical (unpaired) electrons. The van der Waals surface area contributed by atoms with E-state index in [9.17, 15) is 19.7 Å². The lowest BCUT2D eigenvalue weighted by molar-refractivity contribution is -0.384. The second-order valence-corrected chi connectivity index (χ2v) is 7.19. The molecule has 0 aromatic heterocycles. The van der Waals surface area contributed by atoms with Gasteiger partial charge in [-0.1, -0.05) is 13.8 Å². The van der Waals surface area contributed by atoms with Gasteiger partial charge in [0.15, 0.2) is 0 Å². The normalized spacial score (nSPS) is 16.8. The van der Waals surface area contributed by atoms with Crippen LogP contribution in [0.4, 0.5) is 10.5 Å². The maximum absolute atomic E-state index is 12.8. The zero-order chi connectivity index (χ0) is 21.6. The van der Waals surface area contributed by atoms with Crippen LogP contribution in [0.15, 0.2) is 35.5 Å². The summed E-state index contributed by atoms with van der Waals surface area (Å²) < 4.78 is 10.2. The number of hydrogen-bond donors (Lipinski definition) is 1. The van der Waals surface area contributed by atoms with Gasteiger partial charge in [0.25, 0.3) is 5.69 Å². The van der Waals surface area contributed by atoms with Crippen LogP contribution in [0.25, 0.3) is 0 Å². The predicted molar refractivity (Wildman–Crippen MR) is 106 cm³/mol. The molecule has 2 amide bonds. The summed E-state index contributed by atoms with van der Waals surface area (Å²) >= 11 is 0. The topological polar surface area (TPSA) is 111 Å². The Morgan fingerprint density at radius 1 is 1.28 bits per heavy atom. The van der Waals surface area contributed by atoms with Crippen molar-refractivity contribution in [3.63, 3.8) is 0 Å². The Balaban J connectivity index is 2.40. The van der Waals surface area contributed by atoms with Crippen LogP contribution < -0.4 is 5.32 Å². The highest BCUT2D eigenvalue weighted by Gasteiger charge is 2.36. The fraction of sp³-hybridized carbons (Fsp3) is 0.500. The number of nitro benzene ring substituents is 1. The van der Waals surface area contributed by atoms with E-state index in [1.165, 1.54) is 36.3 Å². The number of nitrogens with zero attached hydrogens (tertiary/aromatic N) is 2. The molecule has 1 aliphatic rings. The minimum Gasteiger partial charge on any atom is -0.460 e. The average molecular weight is 405 g/mol. The highest BCUT2D eigenvalue weighted by atomic mass is 16.6. The molecule has 0 saturated heterocycles. The molecule has 1 heterocycles. The largest absolute Gasteiger partial charge is 0.460 e. The number of urea groups is 1. The van der Waals surface area contributed by atoms with Crippen molar-refractivity contribution in [2.75, 3.05) is 26.9 Å². The van der Waals surface area contributed by atoms with Crippen LogP contribution in [0.5, 0.6) is 0 Å². The van der Waals surface area contributed by atoms with Crippen molar-refractivity contribution in [1.82, 2.24) is 10.2 Å². The lowest BCUT2D eigenvalue weighted by Crippen LogP contribution is -2.48. The van der Waals surface area contributed by atoms with E-state index >= 15 is 0 Å². The van der Waals surface area contributed by atoms with Crippen LogP contribution in [0.2, 0.25) is 0 Å². The quantitative estimate of drug-likeness (QED) is 0.292. The first-order valence-corrected chi connectivity index (χ1v) is 9.45. The lowest BCUT2D eigenvalue weighted by Gasteiger charge is -2.35. The first-order valence-electron chi connectivity index (χ1n) is 9.45. The second kappa shape index (κ2) is 10.0. The molecule has 1 aliphatic heterocycles. The molecule has 0 bridgehead atoms. The highest BCUT2D eigenvalue weighted by molar-refractivity contribution is 5.95. The molecule has 9 nitrogen and oxygen atoms in total. The molecular formula is C20H27N3O6. The molecule has 158 valence electrons. The van der Waals surface area contributed by atoms with E-state index in [4.69, 9.17) is 9.47 Å². The van der Waals surface area contributed by atoms with Crippen LogP contribution in [-0.2, 0) is 14.3 Å². The van der Waals surface area contributed by atoms with E-state index in [1.54, 1.807) is 6.92 Å². The summed E-state index contributed by atoms with van der Waals surface area (Å²) in [7, 11) is 1.51. The van der Waals surface area contributed by atoms with Gasteiger partial charge in [-0.3, -0.25) is 15.0 Å². The molecule has 0 unspecified atom stereocenters. The molecule has 1 atom stereocenters. The van der Waals surface area contributed by atoms with Gasteiger partial charge in [0.2, 0.25) is 0 Å². The Morgan fingerprint density at radius 3 is 2.48 bits per heavy atom. The smallest absolute Gasteiger partial charge is 0.338 e. The van der Waals surface area contributed by atoms with Crippen LogP contribution >= 0.6 is 0 Å². The Morgan fingerprint density at radius 2 is 1.93 bits per heavy atom. The van der Waals surface area contributed by atoms with Gasteiger partial charge in [0, 0.05) is 31.5 Å². The van der Waals surface area contributed by atoms with Crippen LogP contribution in [-0.4, -0.2) is 48.7 Å². The standard InChI is InChI=1S/C20H27N3O6/c1-13(2)9-10-22-14(3)17(19(24)29-12-11-28-4)18(21-20(22)25)15-5-7-16(8-6-15)23(26)27/h5-8,13,18H,9-12H2,1-4H3,(H,21,25)/t18-/m0/s1. The summed E-state index contributed by atoms with van der Waals surface area (Å²) in [5.74, 6) is -0.169. The first kappa shape index (κ1) is 22.4. The van der Waals surface area contributed by atoms with Gasteiger partial charge in [-0.05, 0) is 37.0 Å².